The van der Waals surface area contributed by atoms with Crippen LogP contribution in [0.5, 0.6) is 0 Å². The third-order valence-electron chi connectivity index (χ3n) is 7.70. The van der Waals surface area contributed by atoms with E-state index < -0.39 is 0 Å². The van der Waals surface area contributed by atoms with Crippen LogP contribution in [0.2, 0.25) is 5.15 Å². The lowest BCUT2D eigenvalue weighted by Crippen LogP contribution is -2.46. The number of benzene rings is 1. The predicted octanol–water partition coefficient (Wildman–Crippen LogP) is 4.03. The maximum Gasteiger partial charge on any atom is 0.274 e. The number of pyridine rings is 1. The van der Waals surface area contributed by atoms with Gasteiger partial charge in [-0.3, -0.25) is 14.5 Å². The number of piperidine rings is 1. The number of nitrogens with one attached hydrogen (secondary N) is 3. The Labute approximate surface area is 254 Å². The number of nitrogens with zero attached hydrogens (tertiary/aromatic N) is 5. The number of carbonyl (C=O) groups excluding carboxylic acids is 2. The first-order chi connectivity index (χ1) is 20.9. The molecule has 5 heterocycles. The van der Waals surface area contributed by atoms with Crippen LogP contribution in [0.4, 0.5) is 11.5 Å². The number of carbonyl (C=O) groups is 2. The smallest absolute Gasteiger partial charge is 0.274 e. The Bertz CT molecular complexity index is 1630. The van der Waals surface area contributed by atoms with Crippen LogP contribution >= 0.6 is 11.6 Å². The number of rotatable bonds is 8. The number of morpholine rings is 1. The molecule has 0 saturated carbocycles. The maximum atomic E-state index is 13.1. The molecule has 4 aromatic rings. The summed E-state index contributed by atoms with van der Waals surface area (Å²) in [6.45, 7) is 8.67. The molecule has 3 aromatic heterocycles. The first kappa shape index (κ1) is 28.8. The van der Waals surface area contributed by atoms with Gasteiger partial charge in [0, 0.05) is 43.6 Å². The Morgan fingerprint density at radius 3 is 2.72 bits per heavy atom. The summed E-state index contributed by atoms with van der Waals surface area (Å²) in [4.78, 5) is 45.9. The largest absolute Gasteiger partial charge is 0.378 e. The zero-order valence-electron chi connectivity index (χ0n) is 23.7. The predicted molar refractivity (Wildman–Crippen MR) is 166 cm³/mol. The van der Waals surface area contributed by atoms with Gasteiger partial charge in [-0.25, -0.2) is 15.0 Å². The molecule has 2 amide bonds. The summed E-state index contributed by atoms with van der Waals surface area (Å²) < 4.78 is 5.49. The highest BCUT2D eigenvalue weighted by atomic mass is 35.5. The van der Waals surface area contributed by atoms with Crippen molar-refractivity contribution in [2.75, 3.05) is 49.6 Å². The standard InChI is InChI=1S/C31H33ClN8O3/c1-2-28(41)35-23-4-3-9-39(18-23)17-20-14-26(37-27(32)15-20)31(42)36-22-7-5-21(6-8-22)25-16-24-29(38-25)33-19-34-30(24)40-10-12-43-13-11-40/h2,5-8,14-16,19,23H,1,3-4,9-13,17-18H2,(H,35,41)(H,36,42)(H,33,34,38)/t23-/m1/s1. The van der Waals surface area contributed by atoms with E-state index in [1.54, 1.807) is 18.5 Å². The summed E-state index contributed by atoms with van der Waals surface area (Å²) in [5, 5.41) is 7.12. The van der Waals surface area contributed by atoms with Crippen LogP contribution in [0.25, 0.3) is 22.3 Å². The minimum absolute atomic E-state index is 0.0615. The zero-order chi connectivity index (χ0) is 29.8. The van der Waals surface area contributed by atoms with Crippen LogP contribution in [-0.2, 0) is 16.1 Å². The molecular weight excluding hydrogens is 568 g/mol. The molecule has 43 heavy (non-hydrogen) atoms. The van der Waals surface area contributed by atoms with E-state index in [-0.39, 0.29) is 28.7 Å². The second-order valence-electron chi connectivity index (χ2n) is 10.7. The number of hydrogen-bond acceptors (Lipinski definition) is 8. The number of anilines is 2. The lowest BCUT2D eigenvalue weighted by Gasteiger charge is -2.33. The fourth-order valence-corrected chi connectivity index (χ4v) is 5.86. The minimum atomic E-state index is -0.345. The molecule has 0 spiro atoms. The van der Waals surface area contributed by atoms with E-state index >= 15 is 0 Å². The quantitative estimate of drug-likeness (QED) is 0.204. The molecule has 0 unspecified atom stereocenters. The second kappa shape index (κ2) is 12.9. The molecule has 6 rings (SSSR count). The average molecular weight is 601 g/mol. The number of aromatic amines is 1. The van der Waals surface area contributed by atoms with Crippen molar-refractivity contribution in [2.24, 2.45) is 0 Å². The van der Waals surface area contributed by atoms with E-state index in [2.05, 4.69) is 53.0 Å². The van der Waals surface area contributed by atoms with Gasteiger partial charge in [0.2, 0.25) is 5.91 Å². The Balaban J connectivity index is 1.12. The van der Waals surface area contributed by atoms with Gasteiger partial charge in [0.15, 0.2) is 0 Å². The number of likely N-dealkylation sites (tertiary alicyclic amines) is 1. The normalized spacial score (nSPS) is 17.5. The van der Waals surface area contributed by atoms with Crippen LogP contribution in [0, 0.1) is 0 Å². The highest BCUT2D eigenvalue weighted by Gasteiger charge is 2.22. The lowest BCUT2D eigenvalue weighted by atomic mass is 10.0. The molecule has 0 aliphatic carbocycles. The van der Waals surface area contributed by atoms with Crippen LogP contribution in [0.15, 0.2) is 61.4 Å². The fraction of sp³-hybridized carbons (Fsp3) is 0.323. The van der Waals surface area contributed by atoms with E-state index in [1.165, 1.54) is 6.08 Å². The molecular formula is C31H33ClN8O3. The topological polar surface area (TPSA) is 128 Å². The van der Waals surface area contributed by atoms with Crippen molar-refractivity contribution in [1.29, 1.82) is 0 Å². The van der Waals surface area contributed by atoms with Crippen molar-refractivity contribution in [3.05, 3.63) is 77.9 Å². The molecule has 2 aliphatic rings. The molecule has 3 N–H and O–H groups in total. The molecule has 2 aliphatic heterocycles. The Kier molecular flexibility index (Phi) is 8.64. The minimum Gasteiger partial charge on any atom is -0.378 e. The maximum absolute atomic E-state index is 13.1. The first-order valence-corrected chi connectivity index (χ1v) is 14.7. The van der Waals surface area contributed by atoms with Crippen LogP contribution in [0.3, 0.4) is 0 Å². The summed E-state index contributed by atoms with van der Waals surface area (Å²) in [5.74, 6) is 0.384. The average Bonchev–Trinajstić information content (AvgIpc) is 3.46. The van der Waals surface area contributed by atoms with Crippen molar-refractivity contribution in [1.82, 2.24) is 30.2 Å². The van der Waals surface area contributed by atoms with Crippen LogP contribution < -0.4 is 15.5 Å². The molecule has 12 heteroatoms. The molecule has 2 saturated heterocycles. The van der Waals surface area contributed by atoms with Gasteiger partial charge in [-0.15, -0.1) is 0 Å². The van der Waals surface area contributed by atoms with Crippen LogP contribution in [0.1, 0.15) is 28.9 Å². The van der Waals surface area contributed by atoms with Gasteiger partial charge in [-0.2, -0.15) is 0 Å². The third-order valence-corrected chi connectivity index (χ3v) is 7.89. The lowest BCUT2D eigenvalue weighted by molar-refractivity contribution is -0.117. The summed E-state index contributed by atoms with van der Waals surface area (Å²) in [6, 6.07) is 13.2. The van der Waals surface area contributed by atoms with Gasteiger partial charge in [0.1, 0.15) is 28.6 Å². The van der Waals surface area contributed by atoms with Crippen molar-refractivity contribution in [2.45, 2.75) is 25.4 Å². The number of H-pyrrole nitrogens is 1. The molecule has 0 bridgehead atoms. The van der Waals surface area contributed by atoms with Gasteiger partial charge >= 0.3 is 0 Å². The monoisotopic (exact) mass is 600 g/mol. The van der Waals surface area contributed by atoms with Crippen molar-refractivity contribution in [3.8, 4) is 11.3 Å². The molecule has 1 aromatic carbocycles. The van der Waals surface area contributed by atoms with Gasteiger partial charge in [0.25, 0.3) is 5.91 Å². The Morgan fingerprint density at radius 1 is 1.12 bits per heavy atom. The number of amides is 2. The summed E-state index contributed by atoms with van der Waals surface area (Å²) >= 11 is 6.31. The zero-order valence-corrected chi connectivity index (χ0v) is 24.4. The molecule has 222 valence electrons. The van der Waals surface area contributed by atoms with Gasteiger partial charge in [-0.05, 0) is 66.9 Å². The van der Waals surface area contributed by atoms with E-state index in [4.69, 9.17) is 16.3 Å². The van der Waals surface area contributed by atoms with Crippen molar-refractivity contribution < 1.29 is 14.3 Å². The van der Waals surface area contributed by atoms with E-state index in [0.717, 1.165) is 66.1 Å². The third kappa shape index (κ3) is 6.85. The van der Waals surface area contributed by atoms with E-state index in [0.29, 0.717) is 32.0 Å². The molecule has 11 nitrogen and oxygen atoms in total. The SMILES string of the molecule is C=CC(=O)N[C@@H]1CCCN(Cc2cc(Cl)nc(C(=O)Nc3ccc(-c4cc5c(N6CCOCC6)ncnc5[nH]4)cc3)c2)C1. The first-order valence-electron chi connectivity index (χ1n) is 14.3. The van der Waals surface area contributed by atoms with Crippen molar-refractivity contribution >= 4 is 46.0 Å². The van der Waals surface area contributed by atoms with Gasteiger partial charge < -0.3 is 25.3 Å². The second-order valence-corrected chi connectivity index (χ2v) is 11.1. The summed E-state index contributed by atoms with van der Waals surface area (Å²) in [7, 11) is 0. The molecule has 1 atom stereocenters. The number of hydrogen-bond donors (Lipinski definition) is 3. The van der Waals surface area contributed by atoms with Gasteiger partial charge in [-0.1, -0.05) is 30.3 Å². The highest BCUT2D eigenvalue weighted by Crippen LogP contribution is 2.30. The number of fused-ring (bicyclic) bond motifs is 1. The summed E-state index contributed by atoms with van der Waals surface area (Å²) in [5.41, 5.74) is 4.40. The highest BCUT2D eigenvalue weighted by molar-refractivity contribution is 6.29. The van der Waals surface area contributed by atoms with E-state index in [9.17, 15) is 9.59 Å². The number of ether oxygens (including phenoxy) is 1. The molecule has 0 radical (unpaired) electrons. The van der Waals surface area contributed by atoms with Crippen LogP contribution in [-0.4, -0.2) is 82.1 Å². The van der Waals surface area contributed by atoms with Gasteiger partial charge in [0.05, 0.1) is 18.6 Å². The number of halogens is 1. The summed E-state index contributed by atoms with van der Waals surface area (Å²) in [6.07, 6.45) is 4.75. The van der Waals surface area contributed by atoms with Crippen molar-refractivity contribution in [3.63, 3.8) is 0 Å². The van der Waals surface area contributed by atoms with E-state index in [1.807, 2.05) is 24.3 Å². The fourth-order valence-electron chi connectivity index (χ4n) is 5.63. The Hall–Kier alpha value is -4.32. The molecule has 2 fully saturated rings. The number of aromatic nitrogens is 4. The Morgan fingerprint density at radius 2 is 1.93 bits per heavy atom.